The molecule has 0 fully saturated rings. The van der Waals surface area contributed by atoms with Gasteiger partial charge in [-0.15, -0.1) is 0 Å². The summed E-state index contributed by atoms with van der Waals surface area (Å²) < 4.78 is 22.7. The van der Waals surface area contributed by atoms with Gasteiger partial charge < -0.3 is 33.8 Å². The van der Waals surface area contributed by atoms with Crippen molar-refractivity contribution in [1.82, 2.24) is 5.32 Å². The first-order chi connectivity index (χ1) is 19.8. The van der Waals surface area contributed by atoms with Gasteiger partial charge in [-0.05, 0) is 76.6 Å². The number of carbonyl (C=O) groups is 3. The van der Waals surface area contributed by atoms with Crippen LogP contribution in [0.1, 0.15) is 91.0 Å². The summed E-state index contributed by atoms with van der Waals surface area (Å²) in [7, 11) is -2.71. The van der Waals surface area contributed by atoms with Crippen LogP contribution in [-0.2, 0) is 27.6 Å². The number of carboxylic acid groups (broad SMARTS) is 1. The first-order valence-electron chi connectivity index (χ1n) is 14.9. The van der Waals surface area contributed by atoms with E-state index in [0.717, 1.165) is 37.7 Å². The molecular weight excluding hydrogens is 544 g/mol. The highest BCUT2D eigenvalue weighted by Crippen LogP contribution is 2.19. The molecule has 0 unspecified atom stereocenters. The van der Waals surface area contributed by atoms with Crippen LogP contribution in [0.15, 0.2) is 29.8 Å². The quantitative estimate of drug-likeness (QED) is 0.0753. The molecule has 1 rings (SSSR count). The Labute approximate surface area is 246 Å². The van der Waals surface area contributed by atoms with Crippen molar-refractivity contribution >= 4 is 38.5 Å². The first-order valence-corrected chi connectivity index (χ1v) is 16.9. The van der Waals surface area contributed by atoms with E-state index < -0.39 is 20.9 Å². The molecule has 0 bridgehead atoms. The summed E-state index contributed by atoms with van der Waals surface area (Å²) in [5.74, 6) is -0.959. The fourth-order valence-electron chi connectivity index (χ4n) is 4.15. The summed E-state index contributed by atoms with van der Waals surface area (Å²) in [6.07, 6.45) is 7.72. The minimum atomic E-state index is -2.71. The van der Waals surface area contributed by atoms with Gasteiger partial charge in [-0.25, -0.2) is 9.59 Å². The Balaban J connectivity index is 2.29. The number of hydrogen-bond donors (Lipinski definition) is 3. The molecule has 0 radical (unpaired) electrons. The van der Waals surface area contributed by atoms with Crippen molar-refractivity contribution in [2.75, 3.05) is 38.3 Å². The predicted molar refractivity (Wildman–Crippen MR) is 163 cm³/mol. The molecule has 0 aliphatic carbocycles. The Bertz CT molecular complexity index is 907. The second-order valence-corrected chi connectivity index (χ2v) is 12.3. The maximum Gasteiger partial charge on any atom is 0.500 e. The Morgan fingerprint density at radius 1 is 0.829 bits per heavy atom. The van der Waals surface area contributed by atoms with E-state index in [1.807, 2.05) is 27.7 Å². The Morgan fingerprint density at radius 2 is 1.46 bits per heavy atom. The van der Waals surface area contributed by atoms with E-state index in [1.54, 1.807) is 30.3 Å². The molecule has 41 heavy (non-hydrogen) atoms. The average molecular weight is 595 g/mol. The van der Waals surface area contributed by atoms with Crippen LogP contribution in [0.5, 0.6) is 0 Å². The third kappa shape index (κ3) is 16.3. The van der Waals surface area contributed by atoms with Crippen molar-refractivity contribution in [2.45, 2.75) is 91.5 Å². The van der Waals surface area contributed by atoms with Crippen LogP contribution in [0, 0.1) is 0 Å². The van der Waals surface area contributed by atoms with Gasteiger partial charge in [-0.1, -0.05) is 38.3 Å². The summed E-state index contributed by atoms with van der Waals surface area (Å²) in [5.41, 5.74) is 1.81. The summed E-state index contributed by atoms with van der Waals surface area (Å²) in [4.78, 5) is 35.6. The predicted octanol–water partition coefficient (Wildman–Crippen LogP) is 6.40. The van der Waals surface area contributed by atoms with Crippen molar-refractivity contribution in [3.05, 3.63) is 35.4 Å². The van der Waals surface area contributed by atoms with E-state index >= 15 is 0 Å². The van der Waals surface area contributed by atoms with Crippen molar-refractivity contribution in [3.8, 4) is 0 Å². The topological polar surface area (TPSA) is 132 Å². The van der Waals surface area contributed by atoms with E-state index in [0.29, 0.717) is 76.0 Å². The molecule has 0 saturated carbocycles. The number of alkyl carbamates (subject to hydrolysis) is 1. The molecule has 0 aliphatic rings. The van der Waals surface area contributed by atoms with Gasteiger partial charge in [0.2, 0.25) is 5.91 Å². The van der Waals surface area contributed by atoms with Crippen LogP contribution in [0.3, 0.4) is 0 Å². The monoisotopic (exact) mass is 594 g/mol. The minimum absolute atomic E-state index is 0.0195. The van der Waals surface area contributed by atoms with Gasteiger partial charge in [-0.3, -0.25) is 4.79 Å². The first kappa shape index (κ1) is 36.3. The highest BCUT2D eigenvalue weighted by atomic mass is 28.4. The van der Waals surface area contributed by atoms with Gasteiger partial charge in [-0.2, -0.15) is 0 Å². The van der Waals surface area contributed by atoms with Gasteiger partial charge in [0.05, 0.1) is 6.61 Å². The van der Waals surface area contributed by atoms with Crippen LogP contribution in [0.2, 0.25) is 6.04 Å². The smallest absolute Gasteiger partial charge is 0.478 e. The van der Waals surface area contributed by atoms with Crippen LogP contribution in [0.25, 0.3) is 6.08 Å². The fourth-order valence-corrected chi connectivity index (χ4v) is 6.76. The van der Waals surface area contributed by atoms with Gasteiger partial charge in [0, 0.05) is 50.1 Å². The van der Waals surface area contributed by atoms with E-state index in [9.17, 15) is 19.5 Å². The van der Waals surface area contributed by atoms with Crippen molar-refractivity contribution < 1.29 is 37.5 Å². The summed E-state index contributed by atoms with van der Waals surface area (Å²) >= 11 is 0. The largest absolute Gasteiger partial charge is 0.500 e. The number of aliphatic carboxylic acids is 1. The molecule has 0 spiro atoms. The summed E-state index contributed by atoms with van der Waals surface area (Å²) in [6, 6.07) is 7.79. The van der Waals surface area contributed by atoms with E-state index in [4.69, 9.17) is 18.0 Å². The normalized spacial score (nSPS) is 11.8. The average Bonchev–Trinajstić information content (AvgIpc) is 2.94. The number of carboxylic acids is 1. The lowest BCUT2D eigenvalue weighted by atomic mass is 10.0. The second kappa shape index (κ2) is 21.9. The van der Waals surface area contributed by atoms with Crippen molar-refractivity contribution in [3.63, 3.8) is 0 Å². The third-order valence-electron chi connectivity index (χ3n) is 6.16. The standard InChI is InChI=1S/C30H50N2O8Si/c1-5-9-16-28(33)32-27-19-17-25(18-20-27)24-26(29(34)35)15-12-10-11-13-22-37-30(36)31-21-14-23-41(38-6-2,39-7-3)40-8-4/h17-20,24H,5-16,21-23H2,1-4H3,(H,31,36)(H,32,33)(H,34,35)/b26-24+. The van der Waals surface area contributed by atoms with Gasteiger partial charge in [0.25, 0.3) is 0 Å². The molecule has 0 heterocycles. The molecule has 0 aliphatic heterocycles. The number of hydrogen-bond acceptors (Lipinski definition) is 7. The Kier molecular flexibility index (Phi) is 19.4. The minimum Gasteiger partial charge on any atom is -0.478 e. The lowest BCUT2D eigenvalue weighted by molar-refractivity contribution is -0.132. The Hall–Kier alpha value is -2.73. The van der Waals surface area contributed by atoms with Crippen molar-refractivity contribution in [1.29, 1.82) is 0 Å². The van der Waals surface area contributed by atoms with Crippen LogP contribution >= 0.6 is 0 Å². The Morgan fingerprint density at radius 3 is 2.05 bits per heavy atom. The number of anilines is 1. The fraction of sp³-hybridized carbons (Fsp3) is 0.633. The molecule has 3 N–H and O–H groups in total. The molecule has 10 nitrogen and oxygen atoms in total. The molecule has 1 aromatic rings. The van der Waals surface area contributed by atoms with Gasteiger partial charge >= 0.3 is 20.9 Å². The third-order valence-corrected chi connectivity index (χ3v) is 9.31. The van der Waals surface area contributed by atoms with Crippen LogP contribution in [-0.4, -0.2) is 64.9 Å². The highest BCUT2D eigenvalue weighted by Gasteiger charge is 2.39. The molecule has 1 aromatic carbocycles. The molecular formula is C30H50N2O8Si. The maximum absolute atomic E-state index is 12.0. The van der Waals surface area contributed by atoms with Crippen LogP contribution in [0.4, 0.5) is 10.5 Å². The number of rotatable bonds is 23. The highest BCUT2D eigenvalue weighted by molar-refractivity contribution is 6.60. The number of amides is 2. The zero-order chi connectivity index (χ0) is 30.3. The molecule has 2 amide bonds. The molecule has 0 aromatic heterocycles. The number of ether oxygens (including phenoxy) is 1. The second-order valence-electron chi connectivity index (χ2n) is 9.56. The maximum atomic E-state index is 12.0. The number of nitrogens with one attached hydrogen (secondary N) is 2. The van der Waals surface area contributed by atoms with Crippen molar-refractivity contribution in [2.24, 2.45) is 0 Å². The van der Waals surface area contributed by atoms with E-state index in [-0.39, 0.29) is 5.91 Å². The van der Waals surface area contributed by atoms with Gasteiger partial charge in [0.15, 0.2) is 0 Å². The lowest BCUT2D eigenvalue weighted by Crippen LogP contribution is -2.46. The zero-order valence-electron chi connectivity index (χ0n) is 25.3. The molecule has 232 valence electrons. The van der Waals surface area contributed by atoms with E-state index in [1.165, 1.54) is 0 Å². The SMILES string of the molecule is CCCCC(=O)Nc1ccc(/C=C(\CCCCCCOC(=O)NCCC[Si](OCC)(OCC)OCC)C(=O)O)cc1. The number of benzene rings is 1. The molecule has 0 atom stereocenters. The van der Waals surface area contributed by atoms with Crippen LogP contribution < -0.4 is 10.6 Å². The van der Waals surface area contributed by atoms with E-state index in [2.05, 4.69) is 10.6 Å². The number of carbonyl (C=O) groups excluding carboxylic acids is 2. The lowest BCUT2D eigenvalue weighted by Gasteiger charge is -2.28. The molecule has 0 saturated heterocycles. The molecule has 11 heteroatoms. The summed E-state index contributed by atoms with van der Waals surface area (Å²) in [5, 5.41) is 15.2. The zero-order valence-corrected chi connectivity index (χ0v) is 26.3. The summed E-state index contributed by atoms with van der Waals surface area (Å²) in [6.45, 7) is 10.1. The number of unbranched alkanes of at least 4 members (excludes halogenated alkanes) is 4. The van der Waals surface area contributed by atoms with Gasteiger partial charge in [0.1, 0.15) is 0 Å².